The van der Waals surface area contributed by atoms with Crippen molar-refractivity contribution >= 4 is 46.8 Å². The number of nitrogens with zero attached hydrogens (tertiary/aromatic N) is 3. The van der Waals surface area contributed by atoms with E-state index < -0.39 is 12.0 Å². The Kier molecular flexibility index (Phi) is 6.55. The number of amides is 1. The smallest absolute Gasteiger partial charge is 0.328 e. The van der Waals surface area contributed by atoms with Crippen LogP contribution in [0.5, 0.6) is 5.75 Å². The second-order valence-corrected chi connectivity index (χ2v) is 7.80. The number of carbonyl (C=O) groups is 2. The first kappa shape index (κ1) is 21.7. The molecular formula is C19H19Cl2N3O4S. The van der Waals surface area contributed by atoms with Gasteiger partial charge in [0.25, 0.3) is 5.91 Å². The van der Waals surface area contributed by atoms with E-state index in [1.807, 2.05) is 6.26 Å². The second-order valence-electron chi connectivity index (χ2n) is 6.21. The van der Waals surface area contributed by atoms with E-state index in [1.54, 1.807) is 26.0 Å². The highest BCUT2D eigenvalue weighted by molar-refractivity contribution is 7.98. The summed E-state index contributed by atoms with van der Waals surface area (Å²) in [5.41, 5.74) is 1.92. The molecule has 2 aromatic rings. The molecule has 0 fully saturated rings. The standard InChI is InChI=1S/C19H19Cl2N3O4S/c1-5-28-18(26)9(2)24-8-11-15(22-19(29-4)23-16(11)17(24)25)10-6-14(27-3)13(21)7-12(10)20/h6-7,9H,5,8H2,1-4H3. The van der Waals surface area contributed by atoms with Gasteiger partial charge in [0, 0.05) is 11.1 Å². The first-order chi connectivity index (χ1) is 13.8. The molecule has 1 aliphatic heterocycles. The summed E-state index contributed by atoms with van der Waals surface area (Å²) in [5.74, 6) is -0.388. The summed E-state index contributed by atoms with van der Waals surface area (Å²) in [6.07, 6.45) is 1.81. The van der Waals surface area contributed by atoms with Gasteiger partial charge in [0.15, 0.2) is 5.16 Å². The Balaban J connectivity index is 2.13. The van der Waals surface area contributed by atoms with Gasteiger partial charge in [0.05, 0.1) is 36.0 Å². The zero-order chi connectivity index (χ0) is 21.3. The Morgan fingerprint density at radius 2 is 1.97 bits per heavy atom. The van der Waals surface area contributed by atoms with Gasteiger partial charge < -0.3 is 14.4 Å². The zero-order valence-electron chi connectivity index (χ0n) is 16.3. The molecule has 29 heavy (non-hydrogen) atoms. The maximum absolute atomic E-state index is 13.0. The number of hydrogen-bond donors (Lipinski definition) is 0. The van der Waals surface area contributed by atoms with Crippen LogP contribution in [0.1, 0.15) is 29.9 Å². The zero-order valence-corrected chi connectivity index (χ0v) is 18.6. The lowest BCUT2D eigenvalue weighted by atomic mass is 10.1. The van der Waals surface area contributed by atoms with Gasteiger partial charge in [-0.15, -0.1) is 0 Å². The molecule has 0 N–H and O–H groups in total. The average molecular weight is 456 g/mol. The average Bonchev–Trinajstić information content (AvgIpc) is 3.03. The van der Waals surface area contributed by atoms with Gasteiger partial charge in [-0.1, -0.05) is 35.0 Å². The van der Waals surface area contributed by atoms with Gasteiger partial charge in [0.1, 0.15) is 17.5 Å². The van der Waals surface area contributed by atoms with Crippen LogP contribution in [0.25, 0.3) is 11.3 Å². The molecule has 0 radical (unpaired) electrons. The van der Waals surface area contributed by atoms with Crippen LogP contribution in [0, 0.1) is 0 Å². The van der Waals surface area contributed by atoms with Crippen LogP contribution in [-0.2, 0) is 16.1 Å². The highest BCUT2D eigenvalue weighted by Gasteiger charge is 2.38. The Labute approximate surface area is 182 Å². The monoisotopic (exact) mass is 455 g/mol. The van der Waals surface area contributed by atoms with Gasteiger partial charge in [-0.2, -0.15) is 0 Å². The van der Waals surface area contributed by atoms with Gasteiger partial charge in [-0.05, 0) is 32.2 Å². The number of rotatable bonds is 6. The summed E-state index contributed by atoms with van der Waals surface area (Å²) in [4.78, 5) is 35.6. The van der Waals surface area contributed by atoms with E-state index >= 15 is 0 Å². The van der Waals surface area contributed by atoms with Crippen LogP contribution in [0.3, 0.4) is 0 Å². The summed E-state index contributed by atoms with van der Waals surface area (Å²) in [6, 6.07) is 2.50. The molecule has 0 bridgehead atoms. The molecule has 3 rings (SSSR count). The van der Waals surface area contributed by atoms with Crippen LogP contribution in [0.2, 0.25) is 10.0 Å². The van der Waals surface area contributed by atoms with E-state index in [4.69, 9.17) is 32.7 Å². The van der Waals surface area contributed by atoms with E-state index in [1.165, 1.54) is 23.8 Å². The second kappa shape index (κ2) is 8.77. The number of halogens is 2. The summed E-state index contributed by atoms with van der Waals surface area (Å²) < 4.78 is 10.4. The first-order valence-electron chi connectivity index (χ1n) is 8.78. The topological polar surface area (TPSA) is 81.6 Å². The van der Waals surface area contributed by atoms with Crippen molar-refractivity contribution in [1.82, 2.24) is 14.9 Å². The van der Waals surface area contributed by atoms with Crippen LogP contribution >= 0.6 is 35.0 Å². The van der Waals surface area contributed by atoms with Gasteiger partial charge >= 0.3 is 5.97 Å². The van der Waals surface area contributed by atoms with Crippen LogP contribution in [0.4, 0.5) is 0 Å². The lowest BCUT2D eigenvalue weighted by molar-refractivity contribution is -0.148. The molecule has 1 unspecified atom stereocenters. The number of thioether (sulfide) groups is 1. The predicted molar refractivity (Wildman–Crippen MR) is 112 cm³/mol. The van der Waals surface area contributed by atoms with Crippen molar-refractivity contribution in [2.24, 2.45) is 0 Å². The molecule has 0 saturated carbocycles. The number of carbonyl (C=O) groups excluding carboxylic acids is 2. The predicted octanol–water partition coefficient (Wildman–Crippen LogP) is 4.09. The summed E-state index contributed by atoms with van der Waals surface area (Å²) in [7, 11) is 1.50. The molecule has 1 aliphatic rings. The Morgan fingerprint density at radius 1 is 1.28 bits per heavy atom. The Bertz CT molecular complexity index is 986. The fourth-order valence-corrected chi connectivity index (χ4v) is 3.97. The number of esters is 1. The van der Waals surface area contributed by atoms with Crippen molar-refractivity contribution in [3.63, 3.8) is 0 Å². The maximum Gasteiger partial charge on any atom is 0.328 e. The number of aromatic nitrogens is 2. The molecule has 1 amide bonds. The van der Waals surface area contributed by atoms with E-state index in [0.29, 0.717) is 37.8 Å². The quantitative estimate of drug-likeness (QED) is 0.368. The fraction of sp³-hybridized carbons (Fsp3) is 0.368. The van der Waals surface area contributed by atoms with Crippen molar-refractivity contribution < 1.29 is 19.1 Å². The van der Waals surface area contributed by atoms with E-state index in [9.17, 15) is 9.59 Å². The van der Waals surface area contributed by atoms with Crippen LogP contribution in [-0.4, -0.2) is 52.8 Å². The third-order valence-electron chi connectivity index (χ3n) is 4.55. The number of benzene rings is 1. The number of ether oxygens (including phenoxy) is 2. The summed E-state index contributed by atoms with van der Waals surface area (Å²) in [6.45, 7) is 3.75. The van der Waals surface area contributed by atoms with E-state index in [0.717, 1.165) is 0 Å². The Morgan fingerprint density at radius 3 is 2.59 bits per heavy atom. The van der Waals surface area contributed by atoms with Crippen molar-refractivity contribution in [2.75, 3.05) is 20.0 Å². The normalized spacial score (nSPS) is 14.0. The molecular weight excluding hydrogens is 437 g/mol. The molecule has 2 heterocycles. The largest absolute Gasteiger partial charge is 0.495 e. The first-order valence-corrected chi connectivity index (χ1v) is 10.8. The minimum atomic E-state index is -0.752. The van der Waals surface area contributed by atoms with E-state index in [-0.39, 0.29) is 24.8 Å². The molecule has 154 valence electrons. The van der Waals surface area contributed by atoms with Crippen molar-refractivity contribution in [2.45, 2.75) is 31.6 Å². The Hall–Kier alpha value is -2.03. The molecule has 1 aromatic carbocycles. The lowest BCUT2D eigenvalue weighted by Crippen LogP contribution is -2.40. The lowest BCUT2D eigenvalue weighted by Gasteiger charge is -2.22. The van der Waals surface area contributed by atoms with Crippen LogP contribution in [0.15, 0.2) is 17.3 Å². The van der Waals surface area contributed by atoms with E-state index in [2.05, 4.69) is 9.97 Å². The van der Waals surface area contributed by atoms with Gasteiger partial charge in [0.2, 0.25) is 0 Å². The summed E-state index contributed by atoms with van der Waals surface area (Å²) in [5, 5.41) is 1.15. The minimum Gasteiger partial charge on any atom is -0.495 e. The van der Waals surface area contributed by atoms with Crippen LogP contribution < -0.4 is 4.74 Å². The van der Waals surface area contributed by atoms with Gasteiger partial charge in [-0.3, -0.25) is 4.79 Å². The maximum atomic E-state index is 13.0. The fourth-order valence-electron chi connectivity index (χ4n) is 3.05. The molecule has 0 aliphatic carbocycles. The van der Waals surface area contributed by atoms with Gasteiger partial charge in [-0.25, -0.2) is 14.8 Å². The molecule has 1 atom stereocenters. The third kappa shape index (κ3) is 4.01. The minimum absolute atomic E-state index is 0.166. The molecule has 10 heteroatoms. The SMILES string of the molecule is CCOC(=O)C(C)N1Cc2c(nc(SC)nc2-c2cc(OC)c(Cl)cc2Cl)C1=O. The van der Waals surface area contributed by atoms with Crippen molar-refractivity contribution in [1.29, 1.82) is 0 Å². The summed E-state index contributed by atoms with van der Waals surface area (Å²) >= 11 is 13.9. The molecule has 0 saturated heterocycles. The highest BCUT2D eigenvalue weighted by atomic mass is 35.5. The number of methoxy groups -OCH3 is 1. The highest BCUT2D eigenvalue weighted by Crippen LogP contribution is 2.40. The molecule has 7 nitrogen and oxygen atoms in total. The number of fused-ring (bicyclic) bond motifs is 1. The number of hydrogen-bond acceptors (Lipinski definition) is 7. The molecule has 0 spiro atoms. The van der Waals surface area contributed by atoms with Crippen molar-refractivity contribution in [3.8, 4) is 17.0 Å². The third-order valence-corrected chi connectivity index (χ3v) is 5.71. The van der Waals surface area contributed by atoms with Crippen molar-refractivity contribution in [3.05, 3.63) is 33.4 Å². The molecule has 1 aromatic heterocycles.